The molecule has 0 amide bonds. The zero-order chi connectivity index (χ0) is 15.9. The number of benzene rings is 1. The minimum Gasteiger partial charge on any atom is -0.497 e. The molecule has 0 spiro atoms. The number of rotatable bonds is 6. The molecule has 1 fully saturated rings. The SMILES string of the molecule is CCC(NC1CCCN(c2cccc(OC)c2)C1)C(=O)OC. The Morgan fingerprint density at radius 1 is 1.45 bits per heavy atom. The van der Waals surface area contributed by atoms with Crippen LogP contribution in [0, 0.1) is 0 Å². The van der Waals surface area contributed by atoms with Gasteiger partial charge < -0.3 is 14.4 Å². The summed E-state index contributed by atoms with van der Waals surface area (Å²) in [6, 6.07) is 8.19. The average Bonchev–Trinajstić information content (AvgIpc) is 2.59. The first-order valence-electron chi connectivity index (χ1n) is 7.90. The molecule has 1 aliphatic rings. The first kappa shape index (κ1) is 16.6. The number of nitrogens with one attached hydrogen (secondary N) is 1. The van der Waals surface area contributed by atoms with Gasteiger partial charge in [0.1, 0.15) is 11.8 Å². The Balaban J connectivity index is 2.00. The van der Waals surface area contributed by atoms with Gasteiger partial charge in [0.25, 0.3) is 0 Å². The maximum absolute atomic E-state index is 11.7. The quantitative estimate of drug-likeness (QED) is 0.817. The Bertz CT molecular complexity index is 493. The molecule has 1 N–H and O–H groups in total. The molecule has 1 saturated heterocycles. The molecule has 5 heteroatoms. The molecule has 1 aromatic carbocycles. The Hall–Kier alpha value is -1.75. The van der Waals surface area contributed by atoms with Gasteiger partial charge in [-0.3, -0.25) is 10.1 Å². The van der Waals surface area contributed by atoms with Crippen molar-refractivity contribution in [3.63, 3.8) is 0 Å². The van der Waals surface area contributed by atoms with Gasteiger partial charge in [-0.1, -0.05) is 13.0 Å². The zero-order valence-corrected chi connectivity index (χ0v) is 13.7. The van der Waals surface area contributed by atoms with E-state index in [1.54, 1.807) is 7.11 Å². The summed E-state index contributed by atoms with van der Waals surface area (Å²) in [6.45, 7) is 3.91. The van der Waals surface area contributed by atoms with E-state index in [0.717, 1.165) is 43.8 Å². The fourth-order valence-corrected chi connectivity index (χ4v) is 2.93. The standard InChI is InChI=1S/C17H26N2O3/c1-4-16(17(20)22-3)18-13-7-6-10-19(12-13)14-8-5-9-15(11-14)21-2/h5,8-9,11,13,16,18H,4,6-7,10,12H2,1-3H3. The normalized spacial score (nSPS) is 19.6. The smallest absolute Gasteiger partial charge is 0.322 e. The number of hydrogen-bond acceptors (Lipinski definition) is 5. The van der Waals surface area contributed by atoms with Crippen LogP contribution in [0.3, 0.4) is 0 Å². The summed E-state index contributed by atoms with van der Waals surface area (Å²) >= 11 is 0. The summed E-state index contributed by atoms with van der Waals surface area (Å²) in [4.78, 5) is 14.1. The van der Waals surface area contributed by atoms with Crippen molar-refractivity contribution in [2.75, 3.05) is 32.2 Å². The maximum Gasteiger partial charge on any atom is 0.322 e. The van der Waals surface area contributed by atoms with Gasteiger partial charge in [-0.25, -0.2) is 0 Å². The molecule has 1 heterocycles. The number of esters is 1. The summed E-state index contributed by atoms with van der Waals surface area (Å²) < 4.78 is 10.2. The fourth-order valence-electron chi connectivity index (χ4n) is 2.93. The third-order valence-electron chi connectivity index (χ3n) is 4.17. The highest BCUT2D eigenvalue weighted by molar-refractivity contribution is 5.75. The topological polar surface area (TPSA) is 50.8 Å². The third-order valence-corrected chi connectivity index (χ3v) is 4.17. The van der Waals surface area contributed by atoms with Crippen molar-refractivity contribution in [3.05, 3.63) is 24.3 Å². The van der Waals surface area contributed by atoms with Gasteiger partial charge in [-0.15, -0.1) is 0 Å². The molecule has 22 heavy (non-hydrogen) atoms. The number of nitrogens with zero attached hydrogens (tertiary/aromatic N) is 1. The van der Waals surface area contributed by atoms with E-state index in [9.17, 15) is 4.79 Å². The Morgan fingerprint density at radius 3 is 2.95 bits per heavy atom. The van der Waals surface area contributed by atoms with Crippen LogP contribution in [0.5, 0.6) is 5.75 Å². The highest BCUT2D eigenvalue weighted by Crippen LogP contribution is 2.24. The van der Waals surface area contributed by atoms with Crippen LogP contribution in [-0.4, -0.2) is 45.4 Å². The van der Waals surface area contributed by atoms with Gasteiger partial charge in [0.2, 0.25) is 0 Å². The van der Waals surface area contributed by atoms with Crippen LogP contribution < -0.4 is 15.0 Å². The van der Waals surface area contributed by atoms with Gasteiger partial charge in [-0.2, -0.15) is 0 Å². The first-order chi connectivity index (χ1) is 10.7. The summed E-state index contributed by atoms with van der Waals surface area (Å²) in [5, 5.41) is 3.44. The Morgan fingerprint density at radius 2 is 2.27 bits per heavy atom. The van der Waals surface area contributed by atoms with Crippen molar-refractivity contribution in [1.29, 1.82) is 0 Å². The summed E-state index contributed by atoms with van der Waals surface area (Å²) in [7, 11) is 3.12. The third kappa shape index (κ3) is 4.13. The van der Waals surface area contributed by atoms with Gasteiger partial charge in [0.05, 0.1) is 14.2 Å². The average molecular weight is 306 g/mol. The fraction of sp³-hybridized carbons (Fsp3) is 0.588. The van der Waals surface area contributed by atoms with E-state index in [2.05, 4.69) is 22.3 Å². The first-order valence-corrected chi connectivity index (χ1v) is 7.90. The van der Waals surface area contributed by atoms with Gasteiger partial charge in [-0.05, 0) is 31.4 Å². The van der Waals surface area contributed by atoms with Crippen LogP contribution in [0.2, 0.25) is 0 Å². The molecule has 0 radical (unpaired) electrons. The van der Waals surface area contributed by atoms with E-state index in [-0.39, 0.29) is 12.0 Å². The molecule has 0 bridgehead atoms. The van der Waals surface area contributed by atoms with Crippen LogP contribution in [0.4, 0.5) is 5.69 Å². The van der Waals surface area contributed by atoms with E-state index in [1.165, 1.54) is 7.11 Å². The van der Waals surface area contributed by atoms with Crippen LogP contribution in [0.1, 0.15) is 26.2 Å². The second-order valence-electron chi connectivity index (χ2n) is 5.64. The number of anilines is 1. The lowest BCUT2D eigenvalue weighted by atomic mass is 10.0. The van der Waals surface area contributed by atoms with E-state index in [0.29, 0.717) is 6.04 Å². The molecule has 2 rings (SSSR count). The molecule has 2 atom stereocenters. The molecule has 0 aromatic heterocycles. The van der Waals surface area contributed by atoms with E-state index in [4.69, 9.17) is 9.47 Å². The molecule has 1 aliphatic heterocycles. The van der Waals surface area contributed by atoms with Crippen molar-refractivity contribution in [2.24, 2.45) is 0 Å². The van der Waals surface area contributed by atoms with Gasteiger partial charge >= 0.3 is 5.97 Å². The van der Waals surface area contributed by atoms with Gasteiger partial charge in [0, 0.05) is 30.9 Å². The highest BCUT2D eigenvalue weighted by Gasteiger charge is 2.25. The van der Waals surface area contributed by atoms with Crippen LogP contribution in [0.25, 0.3) is 0 Å². The van der Waals surface area contributed by atoms with Crippen molar-refractivity contribution in [2.45, 2.75) is 38.3 Å². The predicted octanol–water partition coefficient (Wildman–Crippen LogP) is 2.21. The maximum atomic E-state index is 11.7. The summed E-state index contributed by atoms with van der Waals surface area (Å²) in [5.41, 5.74) is 1.16. The Labute approximate surface area is 132 Å². The van der Waals surface area contributed by atoms with E-state index in [1.807, 2.05) is 19.1 Å². The lowest BCUT2D eigenvalue weighted by molar-refractivity contribution is -0.143. The molecular formula is C17H26N2O3. The lowest BCUT2D eigenvalue weighted by Gasteiger charge is -2.36. The van der Waals surface area contributed by atoms with Crippen LogP contribution >= 0.6 is 0 Å². The minimum atomic E-state index is -0.222. The minimum absolute atomic E-state index is 0.180. The second-order valence-corrected chi connectivity index (χ2v) is 5.64. The van der Waals surface area contributed by atoms with Crippen LogP contribution in [0.15, 0.2) is 24.3 Å². The number of methoxy groups -OCH3 is 2. The molecule has 0 saturated carbocycles. The van der Waals surface area contributed by atoms with E-state index < -0.39 is 0 Å². The highest BCUT2D eigenvalue weighted by atomic mass is 16.5. The van der Waals surface area contributed by atoms with Crippen LogP contribution in [-0.2, 0) is 9.53 Å². The Kier molecular flexibility index (Phi) is 6.07. The van der Waals surface area contributed by atoms with Crippen molar-refractivity contribution >= 4 is 11.7 Å². The number of hydrogen-bond donors (Lipinski definition) is 1. The predicted molar refractivity (Wildman–Crippen MR) is 87.5 cm³/mol. The summed E-state index contributed by atoms with van der Waals surface area (Å²) in [5.74, 6) is 0.689. The zero-order valence-electron chi connectivity index (χ0n) is 13.7. The van der Waals surface area contributed by atoms with Gasteiger partial charge in [0.15, 0.2) is 0 Å². The summed E-state index contributed by atoms with van der Waals surface area (Å²) in [6.07, 6.45) is 2.92. The molecule has 2 unspecified atom stereocenters. The number of carbonyl (C=O) groups excluding carboxylic acids is 1. The number of piperidine rings is 1. The molecule has 0 aliphatic carbocycles. The molecule has 5 nitrogen and oxygen atoms in total. The monoisotopic (exact) mass is 306 g/mol. The molecule has 1 aromatic rings. The second kappa shape index (κ2) is 8.03. The van der Waals surface area contributed by atoms with Crippen molar-refractivity contribution < 1.29 is 14.3 Å². The van der Waals surface area contributed by atoms with E-state index >= 15 is 0 Å². The molecule has 122 valence electrons. The van der Waals surface area contributed by atoms with Crippen molar-refractivity contribution in [1.82, 2.24) is 5.32 Å². The molecular weight excluding hydrogens is 280 g/mol. The lowest BCUT2D eigenvalue weighted by Crippen LogP contribution is -2.51. The number of ether oxygens (including phenoxy) is 2. The van der Waals surface area contributed by atoms with Crippen molar-refractivity contribution in [3.8, 4) is 5.75 Å². The number of carbonyl (C=O) groups is 1. The largest absolute Gasteiger partial charge is 0.497 e.